The summed E-state index contributed by atoms with van der Waals surface area (Å²) in [5.41, 5.74) is 1.32. The summed E-state index contributed by atoms with van der Waals surface area (Å²) < 4.78 is 7.85. The molecule has 1 saturated heterocycles. The van der Waals surface area contributed by atoms with Gasteiger partial charge in [-0.05, 0) is 52.0 Å². The normalized spacial score (nSPS) is 21.0. The lowest BCUT2D eigenvalue weighted by molar-refractivity contribution is 0.00854. The quantitative estimate of drug-likeness (QED) is 0.793. The first-order valence-electron chi connectivity index (χ1n) is 8.20. The van der Waals surface area contributed by atoms with Crippen molar-refractivity contribution in [2.24, 2.45) is 0 Å². The van der Waals surface area contributed by atoms with E-state index in [9.17, 15) is 0 Å². The zero-order valence-electron chi connectivity index (χ0n) is 13.0. The first-order valence-corrected chi connectivity index (χ1v) is 8.20. The van der Waals surface area contributed by atoms with E-state index in [1.807, 2.05) is 10.9 Å². The van der Waals surface area contributed by atoms with Gasteiger partial charge in [-0.2, -0.15) is 5.10 Å². The van der Waals surface area contributed by atoms with Crippen molar-refractivity contribution >= 4 is 0 Å². The Hall–Kier alpha value is -0.870. The summed E-state index contributed by atoms with van der Waals surface area (Å²) in [5, 5.41) is 8.06. The van der Waals surface area contributed by atoms with Crippen molar-refractivity contribution < 1.29 is 4.74 Å². The number of aryl methyl sites for hydroxylation is 1. The Bertz CT molecular complexity index is 372. The van der Waals surface area contributed by atoms with Gasteiger partial charge in [0.05, 0.1) is 12.3 Å². The van der Waals surface area contributed by atoms with Gasteiger partial charge in [0, 0.05) is 31.0 Å². The molecule has 4 nitrogen and oxygen atoms in total. The average Bonchev–Trinajstić information content (AvgIpc) is 2.97. The van der Waals surface area contributed by atoms with Crippen LogP contribution < -0.4 is 5.32 Å². The van der Waals surface area contributed by atoms with E-state index in [1.165, 1.54) is 31.2 Å². The van der Waals surface area contributed by atoms with Crippen LogP contribution in [-0.2, 0) is 11.3 Å². The maximum atomic E-state index is 5.85. The molecule has 0 saturated carbocycles. The minimum absolute atomic E-state index is 0.417. The van der Waals surface area contributed by atoms with Crippen molar-refractivity contribution in [2.75, 3.05) is 13.2 Å². The van der Waals surface area contributed by atoms with Gasteiger partial charge in [0.15, 0.2) is 0 Å². The van der Waals surface area contributed by atoms with Gasteiger partial charge in [-0.15, -0.1) is 0 Å². The van der Waals surface area contributed by atoms with Gasteiger partial charge in [0.1, 0.15) is 0 Å². The Morgan fingerprint density at radius 1 is 1.45 bits per heavy atom. The molecule has 114 valence electrons. The van der Waals surface area contributed by atoms with Crippen LogP contribution in [0.25, 0.3) is 0 Å². The summed E-state index contributed by atoms with van der Waals surface area (Å²) in [6, 6.07) is 0.417. The molecule has 0 amide bonds. The summed E-state index contributed by atoms with van der Waals surface area (Å²) in [7, 11) is 0. The van der Waals surface area contributed by atoms with E-state index in [2.05, 4.69) is 30.5 Å². The lowest BCUT2D eigenvalue weighted by atomic mass is 9.99. The highest BCUT2D eigenvalue weighted by molar-refractivity contribution is 5.10. The lowest BCUT2D eigenvalue weighted by Crippen LogP contribution is -2.25. The predicted molar refractivity (Wildman–Crippen MR) is 81.8 cm³/mol. The van der Waals surface area contributed by atoms with Gasteiger partial charge in [0.2, 0.25) is 0 Å². The maximum absolute atomic E-state index is 5.85. The highest BCUT2D eigenvalue weighted by Crippen LogP contribution is 2.23. The molecular weight excluding hydrogens is 250 g/mol. The van der Waals surface area contributed by atoms with E-state index < -0.39 is 0 Å². The topological polar surface area (TPSA) is 39.1 Å². The van der Waals surface area contributed by atoms with Gasteiger partial charge in [-0.25, -0.2) is 0 Å². The van der Waals surface area contributed by atoms with E-state index in [0.717, 1.165) is 32.5 Å². The first-order chi connectivity index (χ1) is 9.83. The van der Waals surface area contributed by atoms with Crippen molar-refractivity contribution in [1.82, 2.24) is 15.1 Å². The molecule has 1 aromatic heterocycles. The number of hydrogen-bond acceptors (Lipinski definition) is 3. The highest BCUT2D eigenvalue weighted by atomic mass is 16.5. The highest BCUT2D eigenvalue weighted by Gasteiger charge is 2.18. The maximum Gasteiger partial charge on any atom is 0.0575 e. The fraction of sp³-hybridized carbons (Fsp3) is 0.812. The van der Waals surface area contributed by atoms with Gasteiger partial charge >= 0.3 is 0 Å². The average molecular weight is 279 g/mol. The number of nitrogens with one attached hydrogen (secondary N) is 1. The Morgan fingerprint density at radius 3 is 3.00 bits per heavy atom. The number of rotatable bonds is 8. The molecule has 1 aliphatic rings. The van der Waals surface area contributed by atoms with Crippen LogP contribution in [0.1, 0.15) is 64.0 Å². The Morgan fingerprint density at radius 2 is 2.35 bits per heavy atom. The Kier molecular flexibility index (Phi) is 6.54. The van der Waals surface area contributed by atoms with Crippen LogP contribution in [0.5, 0.6) is 0 Å². The number of ether oxygens (including phenoxy) is 1. The monoisotopic (exact) mass is 279 g/mol. The SMILES string of the molecule is CCCNC(CCC1CCCCO1)c1cnn(CC)c1. The molecule has 1 fully saturated rings. The van der Waals surface area contributed by atoms with Gasteiger partial charge in [-0.1, -0.05) is 6.92 Å². The number of aromatic nitrogens is 2. The molecule has 4 heteroatoms. The molecule has 2 rings (SSSR count). The zero-order chi connectivity index (χ0) is 14.2. The second-order valence-electron chi connectivity index (χ2n) is 5.70. The molecule has 20 heavy (non-hydrogen) atoms. The minimum Gasteiger partial charge on any atom is -0.378 e. The van der Waals surface area contributed by atoms with Gasteiger partial charge in [-0.3, -0.25) is 4.68 Å². The lowest BCUT2D eigenvalue weighted by Gasteiger charge is -2.25. The second kappa shape index (κ2) is 8.42. The van der Waals surface area contributed by atoms with Crippen LogP contribution in [0.4, 0.5) is 0 Å². The van der Waals surface area contributed by atoms with Crippen molar-refractivity contribution in [3.8, 4) is 0 Å². The molecule has 1 N–H and O–H groups in total. The van der Waals surface area contributed by atoms with E-state index >= 15 is 0 Å². The van der Waals surface area contributed by atoms with Crippen molar-refractivity contribution in [3.63, 3.8) is 0 Å². The van der Waals surface area contributed by atoms with Crippen LogP contribution in [0.15, 0.2) is 12.4 Å². The largest absolute Gasteiger partial charge is 0.378 e. The predicted octanol–water partition coefficient (Wildman–Crippen LogP) is 3.29. The molecule has 0 bridgehead atoms. The molecule has 0 aromatic carbocycles. The van der Waals surface area contributed by atoms with Crippen LogP contribution in [-0.4, -0.2) is 29.0 Å². The number of hydrogen-bond donors (Lipinski definition) is 1. The summed E-state index contributed by atoms with van der Waals surface area (Å²) in [6.07, 6.45) is 11.9. The van der Waals surface area contributed by atoms with E-state index in [-0.39, 0.29) is 0 Å². The van der Waals surface area contributed by atoms with E-state index in [4.69, 9.17) is 4.74 Å². The molecule has 0 spiro atoms. The third-order valence-electron chi connectivity index (χ3n) is 4.07. The molecule has 1 aliphatic heterocycles. The molecule has 1 aromatic rings. The summed E-state index contributed by atoms with van der Waals surface area (Å²) in [6.45, 7) is 7.29. The Labute approximate surface area is 122 Å². The fourth-order valence-corrected chi connectivity index (χ4v) is 2.83. The zero-order valence-corrected chi connectivity index (χ0v) is 13.0. The first kappa shape index (κ1) is 15.5. The minimum atomic E-state index is 0.417. The van der Waals surface area contributed by atoms with Crippen molar-refractivity contribution in [1.29, 1.82) is 0 Å². The summed E-state index contributed by atoms with van der Waals surface area (Å²) >= 11 is 0. The fourth-order valence-electron chi connectivity index (χ4n) is 2.83. The van der Waals surface area contributed by atoms with Crippen LogP contribution in [0.3, 0.4) is 0 Å². The molecule has 2 atom stereocenters. The van der Waals surface area contributed by atoms with Crippen LogP contribution >= 0.6 is 0 Å². The standard InChI is InChI=1S/C16H29N3O/c1-3-10-17-16(14-12-18-19(4-2)13-14)9-8-15-7-5-6-11-20-15/h12-13,15-17H,3-11H2,1-2H3. The molecule has 2 unspecified atom stereocenters. The molecule has 0 radical (unpaired) electrons. The summed E-state index contributed by atoms with van der Waals surface area (Å²) in [4.78, 5) is 0. The third-order valence-corrected chi connectivity index (χ3v) is 4.07. The molecule has 0 aliphatic carbocycles. The second-order valence-corrected chi connectivity index (χ2v) is 5.70. The van der Waals surface area contributed by atoms with Gasteiger partial charge < -0.3 is 10.1 Å². The molecule has 2 heterocycles. The smallest absolute Gasteiger partial charge is 0.0575 e. The number of nitrogens with zero attached hydrogens (tertiary/aromatic N) is 2. The van der Waals surface area contributed by atoms with Gasteiger partial charge in [0.25, 0.3) is 0 Å². The van der Waals surface area contributed by atoms with Crippen LogP contribution in [0.2, 0.25) is 0 Å². The van der Waals surface area contributed by atoms with E-state index in [0.29, 0.717) is 12.1 Å². The summed E-state index contributed by atoms with van der Waals surface area (Å²) in [5.74, 6) is 0. The Balaban J connectivity index is 1.88. The van der Waals surface area contributed by atoms with Crippen molar-refractivity contribution in [2.45, 2.75) is 71.1 Å². The van der Waals surface area contributed by atoms with Crippen LogP contribution in [0, 0.1) is 0 Å². The molecular formula is C16H29N3O. The van der Waals surface area contributed by atoms with Crippen molar-refractivity contribution in [3.05, 3.63) is 18.0 Å². The third kappa shape index (κ3) is 4.60. The van der Waals surface area contributed by atoms with E-state index in [1.54, 1.807) is 0 Å².